The van der Waals surface area contributed by atoms with Crippen molar-refractivity contribution in [3.63, 3.8) is 0 Å². The third kappa shape index (κ3) is 5.66. The maximum Gasteiger partial charge on any atom is 0.221 e. The van der Waals surface area contributed by atoms with Crippen LogP contribution in [0.15, 0.2) is 24.3 Å². The first-order chi connectivity index (χ1) is 13.1. The monoisotopic (exact) mass is 388 g/mol. The largest absolute Gasteiger partial charge is 0.497 e. The predicted molar refractivity (Wildman–Crippen MR) is 109 cm³/mol. The van der Waals surface area contributed by atoms with Crippen molar-refractivity contribution in [1.29, 1.82) is 0 Å². The van der Waals surface area contributed by atoms with Gasteiger partial charge in [-0.3, -0.25) is 4.79 Å². The number of amides is 1. The van der Waals surface area contributed by atoms with Crippen molar-refractivity contribution in [1.82, 2.24) is 14.7 Å². The molecule has 0 spiro atoms. The second kappa shape index (κ2) is 9.17. The summed E-state index contributed by atoms with van der Waals surface area (Å²) in [6.07, 6.45) is 4.39. The number of carbonyl (C=O) groups excluding carboxylic acids is 1. The van der Waals surface area contributed by atoms with Crippen LogP contribution in [0.1, 0.15) is 50.9 Å². The van der Waals surface area contributed by atoms with Crippen molar-refractivity contribution >= 4 is 22.6 Å². The number of methoxy groups -OCH3 is 1. The Morgan fingerprint density at radius 2 is 2.26 bits per heavy atom. The van der Waals surface area contributed by atoms with E-state index in [-0.39, 0.29) is 5.91 Å². The highest BCUT2D eigenvalue weighted by atomic mass is 32.1. The number of carbonyl (C=O) groups is 1. The van der Waals surface area contributed by atoms with Crippen LogP contribution in [0.2, 0.25) is 0 Å². The van der Waals surface area contributed by atoms with Crippen LogP contribution in [0.3, 0.4) is 0 Å². The van der Waals surface area contributed by atoms with Crippen molar-refractivity contribution in [2.45, 2.75) is 58.0 Å². The van der Waals surface area contributed by atoms with Gasteiger partial charge in [-0.2, -0.15) is 4.37 Å². The third-order valence-electron chi connectivity index (χ3n) is 4.84. The minimum Gasteiger partial charge on any atom is -0.497 e. The van der Waals surface area contributed by atoms with Gasteiger partial charge in [0.2, 0.25) is 11.0 Å². The molecule has 1 fully saturated rings. The van der Waals surface area contributed by atoms with Gasteiger partial charge in [0, 0.05) is 43.0 Å². The second-order valence-electron chi connectivity index (χ2n) is 7.06. The first kappa shape index (κ1) is 19.6. The van der Waals surface area contributed by atoms with E-state index in [9.17, 15) is 4.79 Å². The molecular weight excluding hydrogens is 360 g/mol. The fraction of sp³-hybridized carbons (Fsp3) is 0.550. The lowest BCUT2D eigenvalue weighted by Crippen LogP contribution is -2.37. The topological polar surface area (TPSA) is 67.4 Å². The first-order valence-electron chi connectivity index (χ1n) is 9.60. The van der Waals surface area contributed by atoms with Crippen molar-refractivity contribution < 1.29 is 9.53 Å². The zero-order chi connectivity index (χ0) is 19.2. The number of benzene rings is 1. The number of nitrogens with zero attached hydrogens (tertiary/aromatic N) is 3. The lowest BCUT2D eigenvalue weighted by molar-refractivity contribution is -0.121. The maximum absolute atomic E-state index is 12.1. The normalized spacial score (nSPS) is 14.6. The molecule has 0 radical (unpaired) electrons. The Balaban J connectivity index is 1.64. The molecule has 1 heterocycles. The van der Waals surface area contributed by atoms with Gasteiger partial charge < -0.3 is 15.0 Å². The number of ether oxygens (including phenoxy) is 1. The quantitative estimate of drug-likeness (QED) is 0.676. The van der Waals surface area contributed by atoms with Crippen molar-refractivity contribution in [2.24, 2.45) is 0 Å². The summed E-state index contributed by atoms with van der Waals surface area (Å²) in [5.41, 5.74) is 1.12. The number of aromatic nitrogens is 2. The lowest BCUT2D eigenvalue weighted by Gasteiger charge is -2.27. The molecule has 1 atom stereocenters. The molecule has 27 heavy (non-hydrogen) atoms. The summed E-state index contributed by atoms with van der Waals surface area (Å²) in [5.74, 6) is 1.77. The molecule has 1 aromatic heterocycles. The molecule has 0 aliphatic heterocycles. The molecule has 0 bridgehead atoms. The SMILES string of the molecule is CC[C@@H](C)N(CCC(=O)NC1CC1)c1nc(Cc2cccc(OC)c2)ns1. The molecule has 1 aliphatic rings. The standard InChI is InChI=1S/C20H28N4O2S/c1-4-14(2)24(11-10-19(25)21-16-8-9-16)20-22-18(23-27-20)13-15-6-5-7-17(12-15)26-3/h5-7,12,14,16H,4,8-11,13H2,1-3H3,(H,21,25)/t14-/m1/s1. The number of anilines is 1. The van der Waals surface area contributed by atoms with Crippen molar-refractivity contribution in [3.8, 4) is 5.75 Å². The molecule has 3 rings (SSSR count). The van der Waals surface area contributed by atoms with Gasteiger partial charge in [0.05, 0.1) is 7.11 Å². The van der Waals surface area contributed by atoms with Gasteiger partial charge in [0.15, 0.2) is 0 Å². The van der Waals surface area contributed by atoms with Crippen LogP contribution in [-0.4, -0.2) is 41.0 Å². The van der Waals surface area contributed by atoms with E-state index in [1.165, 1.54) is 11.5 Å². The van der Waals surface area contributed by atoms with Gasteiger partial charge in [-0.25, -0.2) is 4.98 Å². The van der Waals surface area contributed by atoms with E-state index in [1.54, 1.807) is 7.11 Å². The molecule has 1 amide bonds. The van der Waals surface area contributed by atoms with E-state index in [1.807, 2.05) is 18.2 Å². The Kier molecular flexibility index (Phi) is 6.66. The summed E-state index contributed by atoms with van der Waals surface area (Å²) in [6.45, 7) is 4.99. The lowest BCUT2D eigenvalue weighted by atomic mass is 10.1. The molecule has 1 aromatic carbocycles. The van der Waals surface area contributed by atoms with Gasteiger partial charge >= 0.3 is 0 Å². The van der Waals surface area contributed by atoms with Crippen molar-refractivity contribution in [2.75, 3.05) is 18.6 Å². The summed E-state index contributed by atoms with van der Waals surface area (Å²) in [6, 6.07) is 8.70. The molecule has 1 N–H and O–H groups in total. The molecule has 146 valence electrons. The van der Waals surface area contributed by atoms with E-state index in [4.69, 9.17) is 9.72 Å². The Labute approximate surface area is 165 Å². The van der Waals surface area contributed by atoms with Crippen LogP contribution in [0.4, 0.5) is 5.13 Å². The van der Waals surface area contributed by atoms with E-state index in [2.05, 4.69) is 34.5 Å². The molecule has 1 saturated carbocycles. The second-order valence-corrected chi connectivity index (χ2v) is 7.79. The Morgan fingerprint density at radius 1 is 1.44 bits per heavy atom. The third-order valence-corrected chi connectivity index (χ3v) is 5.64. The summed E-state index contributed by atoms with van der Waals surface area (Å²) < 4.78 is 9.82. The average molecular weight is 389 g/mol. The number of hydrogen-bond donors (Lipinski definition) is 1. The highest BCUT2D eigenvalue weighted by molar-refractivity contribution is 7.09. The van der Waals surface area contributed by atoms with Crippen LogP contribution in [0, 0.1) is 0 Å². The van der Waals surface area contributed by atoms with Crippen LogP contribution in [0.25, 0.3) is 0 Å². The van der Waals surface area contributed by atoms with E-state index < -0.39 is 0 Å². The molecule has 7 heteroatoms. The summed E-state index contributed by atoms with van der Waals surface area (Å²) >= 11 is 1.41. The van der Waals surface area contributed by atoms with E-state index in [0.29, 0.717) is 31.5 Å². The van der Waals surface area contributed by atoms with Crippen molar-refractivity contribution in [3.05, 3.63) is 35.7 Å². The van der Waals surface area contributed by atoms with Crippen LogP contribution < -0.4 is 15.0 Å². The minimum atomic E-state index is 0.131. The number of rotatable bonds is 10. The van der Waals surface area contributed by atoms with Crippen LogP contribution >= 0.6 is 11.5 Å². The Morgan fingerprint density at radius 3 is 2.96 bits per heavy atom. The fourth-order valence-corrected chi connectivity index (χ4v) is 3.69. The van der Waals surface area contributed by atoms with Gasteiger partial charge in [0.1, 0.15) is 11.6 Å². The van der Waals surface area contributed by atoms with Crippen LogP contribution in [-0.2, 0) is 11.2 Å². The molecule has 0 unspecified atom stereocenters. The highest BCUT2D eigenvalue weighted by Crippen LogP contribution is 2.24. The fourth-order valence-electron chi connectivity index (χ4n) is 2.87. The average Bonchev–Trinajstić information content (AvgIpc) is 3.38. The predicted octanol–water partition coefficient (Wildman–Crippen LogP) is 3.41. The smallest absolute Gasteiger partial charge is 0.221 e. The van der Waals surface area contributed by atoms with Gasteiger partial charge in [-0.05, 0) is 43.9 Å². The molecular formula is C20H28N4O2S. The van der Waals surface area contributed by atoms with Crippen LogP contribution in [0.5, 0.6) is 5.75 Å². The minimum absolute atomic E-state index is 0.131. The number of hydrogen-bond acceptors (Lipinski definition) is 6. The zero-order valence-corrected chi connectivity index (χ0v) is 17.1. The molecule has 0 saturated heterocycles. The van der Waals surface area contributed by atoms with Gasteiger partial charge in [-0.1, -0.05) is 19.1 Å². The molecule has 1 aliphatic carbocycles. The van der Waals surface area contributed by atoms with Gasteiger partial charge in [-0.15, -0.1) is 0 Å². The Bertz CT molecular complexity index is 760. The summed E-state index contributed by atoms with van der Waals surface area (Å²) in [4.78, 5) is 19.0. The first-order valence-corrected chi connectivity index (χ1v) is 10.4. The van der Waals surface area contributed by atoms with Gasteiger partial charge in [0.25, 0.3) is 0 Å². The van der Waals surface area contributed by atoms with E-state index >= 15 is 0 Å². The summed E-state index contributed by atoms with van der Waals surface area (Å²) in [7, 11) is 1.67. The van der Waals surface area contributed by atoms with E-state index in [0.717, 1.165) is 41.5 Å². The Hall–Kier alpha value is -2.15. The highest BCUT2D eigenvalue weighted by Gasteiger charge is 2.24. The maximum atomic E-state index is 12.1. The molecule has 2 aromatic rings. The number of nitrogens with one attached hydrogen (secondary N) is 1. The summed E-state index contributed by atoms with van der Waals surface area (Å²) in [5, 5.41) is 3.95. The zero-order valence-electron chi connectivity index (χ0n) is 16.3. The molecule has 6 nitrogen and oxygen atoms in total.